The SMILES string of the molecule is Cc1cc(C(=O)N[C@@H](C)c2ccc(S(C)(=O)=O)c(F)c2)c(C)o1. The topological polar surface area (TPSA) is 76.4 Å². The van der Waals surface area contributed by atoms with Gasteiger partial charge in [0.15, 0.2) is 9.84 Å². The molecule has 2 aromatic rings. The molecule has 0 spiro atoms. The second-order valence-electron chi connectivity index (χ2n) is 5.48. The normalized spacial score (nSPS) is 12.9. The third kappa shape index (κ3) is 3.79. The van der Waals surface area contributed by atoms with Crippen LogP contribution in [-0.2, 0) is 9.84 Å². The fourth-order valence-electron chi connectivity index (χ4n) is 2.30. The van der Waals surface area contributed by atoms with Crippen LogP contribution in [0.4, 0.5) is 4.39 Å². The summed E-state index contributed by atoms with van der Waals surface area (Å²) >= 11 is 0. The fraction of sp³-hybridized carbons (Fsp3) is 0.312. The first-order chi connectivity index (χ1) is 10.6. The second kappa shape index (κ2) is 6.16. The molecular weight excluding hydrogens is 321 g/mol. The van der Waals surface area contributed by atoms with Gasteiger partial charge < -0.3 is 9.73 Å². The van der Waals surface area contributed by atoms with Crippen LogP contribution in [0.2, 0.25) is 0 Å². The predicted molar refractivity (Wildman–Crippen MR) is 83.6 cm³/mol. The second-order valence-corrected chi connectivity index (χ2v) is 7.47. The van der Waals surface area contributed by atoms with Gasteiger partial charge in [0.2, 0.25) is 0 Å². The van der Waals surface area contributed by atoms with Crippen LogP contribution in [0.3, 0.4) is 0 Å². The van der Waals surface area contributed by atoms with Gasteiger partial charge in [0, 0.05) is 6.26 Å². The third-order valence-electron chi connectivity index (χ3n) is 3.49. The molecule has 1 aromatic heterocycles. The van der Waals surface area contributed by atoms with E-state index in [1.54, 1.807) is 26.8 Å². The molecule has 1 heterocycles. The van der Waals surface area contributed by atoms with E-state index in [1.807, 2.05) is 0 Å². The maximum absolute atomic E-state index is 13.9. The number of amides is 1. The van der Waals surface area contributed by atoms with Crippen LogP contribution < -0.4 is 5.32 Å². The first kappa shape index (κ1) is 17.2. The van der Waals surface area contributed by atoms with Gasteiger partial charge in [-0.1, -0.05) is 6.07 Å². The third-order valence-corrected chi connectivity index (χ3v) is 4.62. The van der Waals surface area contributed by atoms with Crippen molar-refractivity contribution in [2.75, 3.05) is 6.26 Å². The van der Waals surface area contributed by atoms with Crippen molar-refractivity contribution in [3.05, 3.63) is 52.7 Å². The predicted octanol–water partition coefficient (Wildman–Crippen LogP) is 2.93. The van der Waals surface area contributed by atoms with Crippen molar-refractivity contribution in [1.29, 1.82) is 0 Å². The molecule has 0 fully saturated rings. The van der Waals surface area contributed by atoms with E-state index < -0.39 is 21.7 Å². The smallest absolute Gasteiger partial charge is 0.255 e. The number of carbonyl (C=O) groups is 1. The zero-order chi connectivity index (χ0) is 17.4. The van der Waals surface area contributed by atoms with Crippen molar-refractivity contribution in [3.8, 4) is 0 Å². The summed E-state index contributed by atoms with van der Waals surface area (Å²) < 4.78 is 42.1. The standard InChI is InChI=1S/C16H18FNO4S/c1-9-7-13(11(3)22-9)16(19)18-10(2)12-5-6-15(14(17)8-12)23(4,20)21/h5-8,10H,1-4H3,(H,18,19)/t10-/m0/s1. The Morgan fingerprint density at radius 1 is 1.26 bits per heavy atom. The summed E-state index contributed by atoms with van der Waals surface area (Å²) in [4.78, 5) is 11.9. The average molecular weight is 339 g/mol. The van der Waals surface area contributed by atoms with Crippen molar-refractivity contribution in [1.82, 2.24) is 5.32 Å². The highest BCUT2D eigenvalue weighted by molar-refractivity contribution is 7.90. The van der Waals surface area contributed by atoms with Crippen LogP contribution >= 0.6 is 0 Å². The number of halogens is 1. The number of benzene rings is 1. The zero-order valence-corrected chi connectivity index (χ0v) is 14.1. The molecule has 0 radical (unpaired) electrons. The maximum atomic E-state index is 13.9. The summed E-state index contributed by atoms with van der Waals surface area (Å²) in [5.74, 6) is -0.0319. The van der Waals surface area contributed by atoms with Gasteiger partial charge in [-0.2, -0.15) is 0 Å². The summed E-state index contributed by atoms with van der Waals surface area (Å²) in [5.41, 5.74) is 0.892. The van der Waals surface area contributed by atoms with Gasteiger partial charge in [0.25, 0.3) is 5.91 Å². The molecule has 2 rings (SSSR count). The van der Waals surface area contributed by atoms with Gasteiger partial charge >= 0.3 is 0 Å². The van der Waals surface area contributed by atoms with Crippen LogP contribution in [0.15, 0.2) is 33.6 Å². The van der Waals surface area contributed by atoms with E-state index in [0.29, 0.717) is 22.6 Å². The minimum Gasteiger partial charge on any atom is -0.466 e. The number of rotatable bonds is 4. The molecule has 1 atom stereocenters. The van der Waals surface area contributed by atoms with Crippen LogP contribution in [0, 0.1) is 19.7 Å². The first-order valence-corrected chi connectivity index (χ1v) is 8.86. The molecular formula is C16H18FNO4S. The van der Waals surface area contributed by atoms with Crippen molar-refractivity contribution in [2.45, 2.75) is 31.7 Å². The van der Waals surface area contributed by atoms with E-state index in [0.717, 1.165) is 12.3 Å². The molecule has 0 bridgehead atoms. The van der Waals surface area contributed by atoms with Gasteiger partial charge in [0.05, 0.1) is 11.6 Å². The number of hydrogen-bond acceptors (Lipinski definition) is 4. The molecule has 5 nitrogen and oxygen atoms in total. The Morgan fingerprint density at radius 3 is 2.39 bits per heavy atom. The Balaban J connectivity index is 2.21. The highest BCUT2D eigenvalue weighted by Crippen LogP contribution is 2.21. The summed E-state index contributed by atoms with van der Waals surface area (Å²) in [5, 5.41) is 2.74. The van der Waals surface area contributed by atoms with Gasteiger partial charge in [-0.3, -0.25) is 4.79 Å². The Hall–Kier alpha value is -2.15. The Morgan fingerprint density at radius 2 is 1.91 bits per heavy atom. The van der Waals surface area contributed by atoms with E-state index in [9.17, 15) is 17.6 Å². The minimum absolute atomic E-state index is 0.334. The largest absolute Gasteiger partial charge is 0.466 e. The molecule has 23 heavy (non-hydrogen) atoms. The molecule has 124 valence electrons. The summed E-state index contributed by atoms with van der Waals surface area (Å²) in [7, 11) is -3.62. The van der Waals surface area contributed by atoms with Gasteiger partial charge in [-0.05, 0) is 44.5 Å². The average Bonchev–Trinajstić information content (AvgIpc) is 2.76. The monoisotopic (exact) mass is 339 g/mol. The molecule has 0 saturated heterocycles. The van der Waals surface area contributed by atoms with Crippen LogP contribution in [0.25, 0.3) is 0 Å². The Labute approximate surface area is 134 Å². The highest BCUT2D eigenvalue weighted by atomic mass is 32.2. The lowest BCUT2D eigenvalue weighted by atomic mass is 10.1. The van der Waals surface area contributed by atoms with Gasteiger partial charge in [-0.25, -0.2) is 12.8 Å². The zero-order valence-electron chi connectivity index (χ0n) is 13.3. The van der Waals surface area contributed by atoms with Crippen molar-refractivity contribution >= 4 is 15.7 Å². The van der Waals surface area contributed by atoms with E-state index in [-0.39, 0.29) is 10.8 Å². The Bertz CT molecular complexity index is 855. The number of aryl methyl sites for hydroxylation is 2. The fourth-order valence-corrected chi connectivity index (χ4v) is 3.03. The number of furan rings is 1. The molecule has 1 amide bonds. The van der Waals surface area contributed by atoms with Gasteiger partial charge in [-0.15, -0.1) is 0 Å². The summed E-state index contributed by atoms with van der Waals surface area (Å²) in [6, 6.07) is 4.95. The molecule has 0 aliphatic carbocycles. The summed E-state index contributed by atoms with van der Waals surface area (Å²) in [6.07, 6.45) is 0.945. The molecule has 1 N–H and O–H groups in total. The van der Waals surface area contributed by atoms with Crippen LogP contribution in [-0.4, -0.2) is 20.6 Å². The first-order valence-electron chi connectivity index (χ1n) is 6.97. The van der Waals surface area contributed by atoms with E-state index in [2.05, 4.69) is 5.32 Å². The number of nitrogens with one attached hydrogen (secondary N) is 1. The van der Waals surface area contributed by atoms with E-state index >= 15 is 0 Å². The molecule has 7 heteroatoms. The van der Waals surface area contributed by atoms with Crippen molar-refractivity contribution in [2.24, 2.45) is 0 Å². The van der Waals surface area contributed by atoms with Crippen LogP contribution in [0.1, 0.15) is 40.4 Å². The maximum Gasteiger partial charge on any atom is 0.255 e. The van der Waals surface area contributed by atoms with Crippen LogP contribution in [0.5, 0.6) is 0 Å². The molecule has 0 saturated carbocycles. The lowest BCUT2D eigenvalue weighted by Crippen LogP contribution is -2.27. The molecule has 0 unspecified atom stereocenters. The lowest BCUT2D eigenvalue weighted by Gasteiger charge is -2.15. The number of carbonyl (C=O) groups excluding carboxylic acids is 1. The molecule has 0 aliphatic heterocycles. The Kier molecular flexibility index (Phi) is 4.61. The minimum atomic E-state index is -3.62. The van der Waals surface area contributed by atoms with E-state index in [4.69, 9.17) is 4.42 Å². The lowest BCUT2D eigenvalue weighted by molar-refractivity contribution is 0.0938. The number of sulfone groups is 1. The highest BCUT2D eigenvalue weighted by Gasteiger charge is 2.19. The van der Waals surface area contributed by atoms with Gasteiger partial charge in [0.1, 0.15) is 22.2 Å². The molecule has 0 aliphatic rings. The quantitative estimate of drug-likeness (QED) is 0.929. The van der Waals surface area contributed by atoms with E-state index in [1.165, 1.54) is 12.1 Å². The summed E-state index contributed by atoms with van der Waals surface area (Å²) in [6.45, 7) is 5.12. The van der Waals surface area contributed by atoms with Crippen molar-refractivity contribution in [3.63, 3.8) is 0 Å². The van der Waals surface area contributed by atoms with Crippen molar-refractivity contribution < 1.29 is 22.0 Å². The molecule has 1 aromatic carbocycles. The number of hydrogen-bond donors (Lipinski definition) is 1.